The van der Waals surface area contributed by atoms with Crippen LogP contribution in [0, 0.1) is 11.8 Å². The van der Waals surface area contributed by atoms with Crippen molar-refractivity contribution < 1.29 is 24.2 Å². The van der Waals surface area contributed by atoms with E-state index in [-0.39, 0.29) is 30.4 Å². The third-order valence-corrected chi connectivity index (χ3v) is 8.16. The molecule has 3 aliphatic rings. The molecule has 2 bridgehead atoms. The molecule has 206 valence electrons. The predicted molar refractivity (Wildman–Crippen MR) is 145 cm³/mol. The molecule has 3 fully saturated rings. The monoisotopic (exact) mass is 523 g/mol. The van der Waals surface area contributed by atoms with Crippen LogP contribution in [0.2, 0.25) is 0 Å². The van der Waals surface area contributed by atoms with Gasteiger partial charge in [0.2, 0.25) is 17.7 Å². The van der Waals surface area contributed by atoms with Gasteiger partial charge in [-0.2, -0.15) is 0 Å². The van der Waals surface area contributed by atoms with Gasteiger partial charge in [0.05, 0.1) is 17.9 Å². The van der Waals surface area contributed by atoms with Crippen molar-refractivity contribution in [2.24, 2.45) is 11.8 Å². The zero-order valence-corrected chi connectivity index (χ0v) is 22.5. The fourth-order valence-corrected chi connectivity index (χ4v) is 6.64. The number of likely N-dealkylation sites (tertiary alicyclic amines) is 1. The lowest BCUT2D eigenvalue weighted by Crippen LogP contribution is -2.56. The molecular weight excluding hydrogens is 482 g/mol. The first kappa shape index (κ1) is 28.0. The Balaban J connectivity index is 1.69. The number of carbonyl (C=O) groups excluding carboxylic acids is 3. The lowest BCUT2D eigenvalue weighted by molar-refractivity contribution is -0.149. The van der Waals surface area contributed by atoms with Crippen LogP contribution in [-0.4, -0.2) is 88.1 Å². The first-order chi connectivity index (χ1) is 18.4. The number of aliphatic hydroxyl groups excluding tert-OH is 1. The zero-order chi connectivity index (χ0) is 27.3. The average molecular weight is 524 g/mol. The van der Waals surface area contributed by atoms with E-state index >= 15 is 0 Å². The van der Waals surface area contributed by atoms with Gasteiger partial charge in [-0.15, -0.1) is 13.2 Å². The Morgan fingerprint density at radius 3 is 2.50 bits per heavy atom. The van der Waals surface area contributed by atoms with Crippen LogP contribution in [-0.2, 0) is 25.7 Å². The highest BCUT2D eigenvalue weighted by molar-refractivity contribution is 5.99. The summed E-state index contributed by atoms with van der Waals surface area (Å²) in [5.41, 5.74) is -0.0437. The van der Waals surface area contributed by atoms with Crippen LogP contribution in [0.15, 0.2) is 55.6 Å². The third-order valence-electron chi connectivity index (χ3n) is 8.16. The molecule has 1 spiro atoms. The number of nitrogens with zero attached hydrogens (tertiary/aromatic N) is 3. The number of carbonyl (C=O) groups is 3. The highest BCUT2D eigenvalue weighted by Crippen LogP contribution is 2.59. The van der Waals surface area contributed by atoms with Crippen molar-refractivity contribution in [2.45, 2.75) is 63.3 Å². The summed E-state index contributed by atoms with van der Waals surface area (Å²) in [5.74, 6) is -1.76. The molecule has 4 rings (SSSR count). The Bertz CT molecular complexity index is 1030. The fraction of sp³-hybridized carbons (Fsp3) is 0.567. The molecule has 8 heteroatoms. The average Bonchev–Trinajstić information content (AvgIpc) is 3.56. The van der Waals surface area contributed by atoms with E-state index in [0.29, 0.717) is 58.4 Å². The second-order valence-electron chi connectivity index (χ2n) is 10.6. The maximum Gasteiger partial charge on any atom is 0.248 e. The van der Waals surface area contributed by atoms with Crippen LogP contribution in [0.4, 0.5) is 0 Å². The molecule has 0 aliphatic carbocycles. The summed E-state index contributed by atoms with van der Waals surface area (Å²) in [7, 11) is 0. The number of aliphatic hydroxyl groups is 1. The minimum absolute atomic E-state index is 0.0129. The number of ether oxygens (including phenoxy) is 1. The van der Waals surface area contributed by atoms with Gasteiger partial charge in [0.15, 0.2) is 0 Å². The minimum Gasteiger partial charge on any atom is -0.396 e. The quantitative estimate of drug-likeness (QED) is 0.299. The van der Waals surface area contributed by atoms with Crippen molar-refractivity contribution in [1.29, 1.82) is 0 Å². The number of hydrogen-bond donors (Lipinski definition) is 1. The SMILES string of the molecule is C=CCN(Cc1ccccc1)C(=O)C1N(CCCCO)C(=O)[C@@H]2[C@@H](C(=O)N(CC=C)CCC)[C@H]3CCC12O3. The van der Waals surface area contributed by atoms with Crippen molar-refractivity contribution in [1.82, 2.24) is 14.7 Å². The van der Waals surface area contributed by atoms with E-state index in [1.165, 1.54) is 0 Å². The highest BCUT2D eigenvalue weighted by Gasteiger charge is 2.74. The van der Waals surface area contributed by atoms with Crippen LogP contribution in [0.25, 0.3) is 0 Å². The first-order valence-electron chi connectivity index (χ1n) is 13.9. The standard InChI is InChI=1S/C30H41N3O5/c1-4-16-31(17-5-2)27(35)24-23-14-15-30(38-23)25(24)28(36)33(19-10-11-20-34)26(30)29(37)32(18-6-3)21-22-12-8-7-9-13-22/h4,6-9,12-13,23-26,34H,1,3,5,10-11,14-21H2,2H3/t23-,24+,25+,26?,30?/m1/s1. The maximum atomic E-state index is 14.3. The number of rotatable bonds is 14. The Kier molecular flexibility index (Phi) is 9.05. The predicted octanol–water partition coefficient (Wildman–Crippen LogP) is 2.77. The van der Waals surface area contributed by atoms with E-state index in [1.54, 1.807) is 26.9 Å². The highest BCUT2D eigenvalue weighted by atomic mass is 16.5. The van der Waals surface area contributed by atoms with Gasteiger partial charge in [0, 0.05) is 39.3 Å². The lowest BCUT2D eigenvalue weighted by atomic mass is 9.70. The van der Waals surface area contributed by atoms with Crippen LogP contribution in [0.1, 0.15) is 44.6 Å². The van der Waals surface area contributed by atoms with E-state index in [9.17, 15) is 19.5 Å². The summed E-state index contributed by atoms with van der Waals surface area (Å²) < 4.78 is 6.58. The first-order valence-corrected chi connectivity index (χ1v) is 13.9. The molecule has 38 heavy (non-hydrogen) atoms. The molecule has 1 aromatic carbocycles. The molecule has 2 unspecified atom stereocenters. The summed E-state index contributed by atoms with van der Waals surface area (Å²) in [5, 5.41) is 9.37. The van der Waals surface area contributed by atoms with Crippen molar-refractivity contribution >= 4 is 17.7 Å². The van der Waals surface area contributed by atoms with Crippen molar-refractivity contribution in [2.75, 3.05) is 32.8 Å². The topological polar surface area (TPSA) is 90.4 Å². The van der Waals surface area contributed by atoms with Crippen LogP contribution < -0.4 is 0 Å². The number of amides is 3. The van der Waals surface area contributed by atoms with Gasteiger partial charge < -0.3 is 24.5 Å². The molecule has 0 aromatic heterocycles. The van der Waals surface area contributed by atoms with E-state index in [0.717, 1.165) is 12.0 Å². The van der Waals surface area contributed by atoms with Crippen molar-refractivity contribution in [3.05, 3.63) is 61.2 Å². The van der Waals surface area contributed by atoms with Gasteiger partial charge >= 0.3 is 0 Å². The maximum absolute atomic E-state index is 14.3. The molecule has 3 saturated heterocycles. The molecule has 1 aromatic rings. The molecule has 1 N–H and O–H groups in total. The molecule has 8 nitrogen and oxygen atoms in total. The van der Waals surface area contributed by atoms with E-state index in [4.69, 9.17) is 4.74 Å². The van der Waals surface area contributed by atoms with Gasteiger partial charge in [0.25, 0.3) is 0 Å². The molecular formula is C30H41N3O5. The molecule has 3 aliphatic heterocycles. The Labute approximate surface area is 225 Å². The summed E-state index contributed by atoms with van der Waals surface area (Å²) >= 11 is 0. The van der Waals surface area contributed by atoms with Crippen LogP contribution in [0.5, 0.6) is 0 Å². The van der Waals surface area contributed by atoms with Gasteiger partial charge in [-0.1, -0.05) is 49.4 Å². The molecule has 5 atom stereocenters. The summed E-state index contributed by atoms with van der Waals surface area (Å²) in [4.78, 5) is 47.3. The second-order valence-corrected chi connectivity index (χ2v) is 10.6. The summed E-state index contributed by atoms with van der Waals surface area (Å²) in [6.45, 7) is 11.7. The van der Waals surface area contributed by atoms with E-state index in [2.05, 4.69) is 13.2 Å². The number of hydrogen-bond acceptors (Lipinski definition) is 5. The van der Waals surface area contributed by atoms with Crippen LogP contribution >= 0.6 is 0 Å². The number of unbranched alkanes of at least 4 members (excludes halogenated alkanes) is 1. The Hall–Kier alpha value is -2.97. The van der Waals surface area contributed by atoms with Gasteiger partial charge in [-0.3, -0.25) is 14.4 Å². The number of fused-ring (bicyclic) bond motifs is 1. The van der Waals surface area contributed by atoms with Gasteiger partial charge in [0.1, 0.15) is 11.6 Å². The molecule has 3 heterocycles. The van der Waals surface area contributed by atoms with E-state index in [1.807, 2.05) is 37.3 Å². The largest absolute Gasteiger partial charge is 0.396 e. The second kappa shape index (κ2) is 12.3. The molecule has 0 radical (unpaired) electrons. The van der Waals surface area contributed by atoms with Crippen molar-refractivity contribution in [3.8, 4) is 0 Å². The Morgan fingerprint density at radius 1 is 1.13 bits per heavy atom. The minimum atomic E-state index is -1.03. The Morgan fingerprint density at radius 2 is 1.84 bits per heavy atom. The molecule has 3 amide bonds. The third kappa shape index (κ3) is 5.04. The van der Waals surface area contributed by atoms with Crippen molar-refractivity contribution in [3.63, 3.8) is 0 Å². The molecule has 0 saturated carbocycles. The van der Waals surface area contributed by atoms with Gasteiger partial charge in [-0.05, 0) is 37.7 Å². The smallest absolute Gasteiger partial charge is 0.248 e. The summed E-state index contributed by atoms with van der Waals surface area (Å²) in [6, 6.07) is 8.93. The fourth-order valence-electron chi connectivity index (χ4n) is 6.64. The zero-order valence-electron chi connectivity index (χ0n) is 22.5. The summed E-state index contributed by atoms with van der Waals surface area (Å²) in [6.07, 6.45) is 6.12. The van der Waals surface area contributed by atoms with E-state index < -0.39 is 23.5 Å². The number of benzene rings is 1. The lowest BCUT2D eigenvalue weighted by Gasteiger charge is -2.37. The van der Waals surface area contributed by atoms with Crippen LogP contribution in [0.3, 0.4) is 0 Å². The normalized spacial score (nSPS) is 27.3. The van der Waals surface area contributed by atoms with Gasteiger partial charge in [-0.25, -0.2) is 0 Å².